The average Bonchev–Trinajstić information content (AvgIpc) is 3.56. The van der Waals surface area contributed by atoms with Crippen LogP contribution in [0.25, 0.3) is 0 Å². The van der Waals surface area contributed by atoms with E-state index in [-0.39, 0.29) is 105 Å². The summed E-state index contributed by atoms with van der Waals surface area (Å²) in [4.78, 5) is 26.4. The van der Waals surface area contributed by atoms with E-state index >= 15 is 0 Å². The first kappa shape index (κ1) is 69.1. The predicted octanol–water partition coefficient (Wildman–Crippen LogP) is 14.6. The monoisotopic (exact) mass is 844 g/mol. The molecule has 1 N–H and O–H groups in total. The highest BCUT2D eigenvalue weighted by molar-refractivity contribution is 6.31. The fourth-order valence-corrected chi connectivity index (χ4v) is 3.62. The summed E-state index contributed by atoms with van der Waals surface area (Å²) in [5.74, 6) is 1.15. The molecule has 318 valence electrons. The molecule has 0 aliphatic rings. The van der Waals surface area contributed by atoms with Gasteiger partial charge in [-0.15, -0.1) is 0 Å². The van der Waals surface area contributed by atoms with Crippen LogP contribution in [0.1, 0.15) is 158 Å². The number of halogens is 4. The van der Waals surface area contributed by atoms with Crippen molar-refractivity contribution in [2.75, 3.05) is 0 Å². The molecule has 0 amide bonds. The van der Waals surface area contributed by atoms with Crippen molar-refractivity contribution in [1.29, 1.82) is 0 Å². The minimum absolute atomic E-state index is 0. The van der Waals surface area contributed by atoms with E-state index in [0.29, 0.717) is 17.7 Å². The van der Waals surface area contributed by atoms with Gasteiger partial charge in [0.25, 0.3) is 0 Å². The maximum Gasteiger partial charge on any atom is 0.327 e. The summed E-state index contributed by atoms with van der Waals surface area (Å²) in [7, 11) is 0. The van der Waals surface area contributed by atoms with Crippen LogP contribution in [0.2, 0.25) is 21.1 Å². The summed E-state index contributed by atoms with van der Waals surface area (Å²) >= 11 is 22.5. The van der Waals surface area contributed by atoms with Crippen molar-refractivity contribution in [3.63, 3.8) is 0 Å². The normalized spacial score (nSPS) is 11.0. The zero-order valence-electron chi connectivity index (χ0n) is 27.5. The van der Waals surface area contributed by atoms with Crippen LogP contribution in [0.4, 0.5) is 0 Å². The molecule has 0 fully saturated rings. The minimum Gasteiger partial charge on any atom is -0.460 e. The topological polar surface area (TPSA) is 134 Å². The van der Waals surface area contributed by atoms with E-state index in [1.54, 1.807) is 6.92 Å². The maximum absolute atomic E-state index is 8.36. The standard InChI is InChI=1S/C13H13Cl2N3O.C7H9Cl2N3O.C7H12N2.C4H10O.8CH4/c1-3-8(2)9-4-6-10(7-5-9)19-13-17-11(14)16-12(15)18-13;1-3-4(2)13-7-11-5(8)10-6(9)12-7;1-3-7(2)9-5-4-8-6-9;1-3-4(2)5;;;;;;;;/h4-8H,3H2,1-2H3;4H,3H2,1-2H3;4-7H,3H2,1-2H3;4-5H,3H2,1-2H3;8*1H4. The van der Waals surface area contributed by atoms with E-state index in [0.717, 1.165) is 25.7 Å². The van der Waals surface area contributed by atoms with Gasteiger partial charge in [0.1, 0.15) is 5.75 Å². The van der Waals surface area contributed by atoms with Crippen LogP contribution in [-0.4, -0.2) is 56.8 Å². The Morgan fingerprint density at radius 2 is 1.04 bits per heavy atom. The second-order valence-electron chi connectivity index (χ2n) is 10.2. The molecule has 0 spiro atoms. The molecule has 11 nitrogen and oxygen atoms in total. The number of hydrogen-bond donors (Lipinski definition) is 1. The lowest BCUT2D eigenvalue weighted by Gasteiger charge is -2.09. The Balaban J connectivity index is -0.0000000897. The first-order chi connectivity index (χ1) is 21.8. The molecular formula is C39H76Cl4N8O3. The van der Waals surface area contributed by atoms with Gasteiger partial charge in [0.2, 0.25) is 21.1 Å². The van der Waals surface area contributed by atoms with Crippen molar-refractivity contribution in [2.24, 2.45) is 0 Å². The fraction of sp³-hybridized carbons (Fsp3) is 0.615. The minimum atomic E-state index is -0.116. The maximum atomic E-state index is 8.36. The number of aromatic nitrogens is 8. The molecule has 4 unspecified atom stereocenters. The quantitative estimate of drug-likeness (QED) is 0.164. The van der Waals surface area contributed by atoms with Crippen molar-refractivity contribution in [3.8, 4) is 17.8 Å². The number of aliphatic hydroxyl groups excluding tert-OH is 1. The number of hydrogen-bond acceptors (Lipinski definition) is 10. The zero-order valence-corrected chi connectivity index (χ0v) is 30.6. The van der Waals surface area contributed by atoms with Crippen LogP contribution in [0.3, 0.4) is 0 Å². The molecule has 1 aromatic carbocycles. The molecule has 0 radical (unpaired) electrons. The van der Waals surface area contributed by atoms with Crippen LogP contribution in [0.5, 0.6) is 17.8 Å². The highest BCUT2D eigenvalue weighted by Crippen LogP contribution is 2.24. The molecule has 0 saturated carbocycles. The van der Waals surface area contributed by atoms with E-state index < -0.39 is 0 Å². The van der Waals surface area contributed by atoms with Gasteiger partial charge in [-0.05, 0) is 116 Å². The second kappa shape index (κ2) is 38.4. The number of benzene rings is 1. The smallest absolute Gasteiger partial charge is 0.327 e. The molecule has 0 aliphatic heterocycles. The van der Waals surface area contributed by atoms with Gasteiger partial charge in [0, 0.05) is 18.4 Å². The predicted molar refractivity (Wildman–Crippen MR) is 238 cm³/mol. The Morgan fingerprint density at radius 3 is 1.37 bits per heavy atom. The Hall–Kier alpha value is -2.83. The highest BCUT2D eigenvalue weighted by atomic mass is 35.5. The van der Waals surface area contributed by atoms with E-state index in [9.17, 15) is 0 Å². The van der Waals surface area contributed by atoms with Gasteiger partial charge in [-0.25, -0.2) is 4.98 Å². The Bertz CT molecular complexity index is 1350. The molecule has 0 aliphatic carbocycles. The molecule has 3 heterocycles. The SMILES string of the molecule is C.C.C.C.C.C.C.C.CCC(C)O.CCC(C)Oc1nc(Cl)nc(Cl)n1.CCC(C)c1ccc(Oc2nc(Cl)nc(Cl)n2)cc1.CCC(C)n1ccnc1. The van der Waals surface area contributed by atoms with Crippen molar-refractivity contribution in [2.45, 2.75) is 165 Å². The first-order valence-corrected chi connectivity index (χ1v) is 16.6. The number of aliphatic hydroxyl groups is 1. The van der Waals surface area contributed by atoms with Crippen LogP contribution in [-0.2, 0) is 0 Å². The Kier molecular flexibility index (Phi) is 49.2. The number of ether oxygens (including phenoxy) is 2. The molecule has 4 aromatic rings. The summed E-state index contributed by atoms with van der Waals surface area (Å²) in [5, 5.41) is 8.45. The summed E-state index contributed by atoms with van der Waals surface area (Å²) in [5.41, 5.74) is 1.27. The molecule has 54 heavy (non-hydrogen) atoms. The van der Waals surface area contributed by atoms with Gasteiger partial charge in [-0.2, -0.15) is 29.9 Å². The van der Waals surface area contributed by atoms with Gasteiger partial charge in [0.15, 0.2) is 0 Å². The number of imidazole rings is 1. The van der Waals surface area contributed by atoms with Crippen molar-refractivity contribution >= 4 is 46.4 Å². The third kappa shape index (κ3) is 29.5. The van der Waals surface area contributed by atoms with Gasteiger partial charge in [-0.1, -0.05) is 106 Å². The third-order valence-electron chi connectivity index (χ3n) is 6.49. The molecular weight excluding hydrogens is 770 g/mol. The van der Waals surface area contributed by atoms with E-state index in [4.69, 9.17) is 61.0 Å². The molecule has 4 rings (SSSR count). The van der Waals surface area contributed by atoms with Crippen LogP contribution in [0.15, 0.2) is 43.0 Å². The van der Waals surface area contributed by atoms with Gasteiger partial charge >= 0.3 is 12.0 Å². The summed E-state index contributed by atoms with van der Waals surface area (Å²) < 4.78 is 12.9. The largest absolute Gasteiger partial charge is 0.460 e. The lowest BCUT2D eigenvalue weighted by atomic mass is 9.99. The third-order valence-corrected chi connectivity index (χ3v) is 7.16. The van der Waals surface area contributed by atoms with E-state index in [1.807, 2.05) is 63.8 Å². The van der Waals surface area contributed by atoms with Crippen molar-refractivity contribution in [1.82, 2.24) is 39.5 Å². The van der Waals surface area contributed by atoms with Crippen LogP contribution < -0.4 is 9.47 Å². The molecule has 4 atom stereocenters. The van der Waals surface area contributed by atoms with Crippen LogP contribution in [0, 0.1) is 0 Å². The van der Waals surface area contributed by atoms with E-state index in [2.05, 4.69) is 67.1 Å². The molecule has 0 saturated heterocycles. The molecule has 0 bridgehead atoms. The first-order valence-electron chi connectivity index (χ1n) is 15.1. The molecule has 15 heteroatoms. The van der Waals surface area contributed by atoms with Gasteiger partial charge in [0.05, 0.1) is 18.5 Å². The van der Waals surface area contributed by atoms with Gasteiger partial charge in [-0.3, -0.25) is 0 Å². The lowest BCUT2D eigenvalue weighted by Crippen LogP contribution is -2.12. The summed E-state index contributed by atoms with van der Waals surface area (Å²) in [6, 6.07) is 8.62. The fourth-order valence-electron chi connectivity index (χ4n) is 2.93. The number of nitrogens with zero attached hydrogens (tertiary/aromatic N) is 8. The van der Waals surface area contributed by atoms with Crippen molar-refractivity contribution in [3.05, 3.63) is 69.7 Å². The Morgan fingerprint density at radius 1 is 0.611 bits per heavy atom. The van der Waals surface area contributed by atoms with E-state index in [1.165, 1.54) is 5.56 Å². The molecule has 3 aromatic heterocycles. The summed E-state index contributed by atoms with van der Waals surface area (Å²) in [6.07, 6.45) is 9.56. The van der Waals surface area contributed by atoms with Crippen molar-refractivity contribution < 1.29 is 14.6 Å². The lowest BCUT2D eigenvalue weighted by molar-refractivity contribution is 0.191. The summed E-state index contributed by atoms with van der Waals surface area (Å²) in [6.45, 7) is 16.3. The second-order valence-corrected chi connectivity index (χ2v) is 11.5. The van der Waals surface area contributed by atoms with Gasteiger partial charge < -0.3 is 19.1 Å². The highest BCUT2D eigenvalue weighted by Gasteiger charge is 2.08. The number of rotatable bonds is 10. The Labute approximate surface area is 351 Å². The zero-order chi connectivity index (χ0) is 34.6. The van der Waals surface area contributed by atoms with Crippen LogP contribution >= 0.6 is 46.4 Å². The average molecular weight is 847 g/mol.